The lowest BCUT2D eigenvalue weighted by Crippen LogP contribution is -2.03. The molecule has 0 atom stereocenters. The molecule has 1 aromatic heterocycles. The molecular weight excluding hydrogens is 244 g/mol. The Hall–Kier alpha value is -0.640. The molecule has 0 saturated carbocycles. The van der Waals surface area contributed by atoms with Gasteiger partial charge in [0, 0.05) is 12.0 Å². The molecule has 78 valence electrons. The van der Waals surface area contributed by atoms with Crippen molar-refractivity contribution in [3.63, 3.8) is 0 Å². The molecule has 3 nitrogen and oxygen atoms in total. The van der Waals surface area contributed by atoms with Gasteiger partial charge < -0.3 is 4.74 Å². The van der Waals surface area contributed by atoms with Crippen LogP contribution in [0, 0.1) is 0 Å². The number of rotatable bonds is 4. The van der Waals surface area contributed by atoms with Crippen molar-refractivity contribution in [2.75, 3.05) is 6.61 Å². The smallest absolute Gasteiger partial charge is 0.217 e. The highest BCUT2D eigenvalue weighted by atomic mass is 79.9. The molecule has 0 fully saturated rings. The number of hydrogen-bond donors (Lipinski definition) is 0. The first kappa shape index (κ1) is 11.4. The Morgan fingerprint density at radius 1 is 1.43 bits per heavy atom. The Morgan fingerprint density at radius 3 is 2.71 bits per heavy atom. The minimum atomic E-state index is 0.316. The Kier molecular flexibility index (Phi) is 4.32. The van der Waals surface area contributed by atoms with Gasteiger partial charge in [0.05, 0.1) is 6.61 Å². The summed E-state index contributed by atoms with van der Waals surface area (Å²) in [6.07, 6.45) is 0.985. The van der Waals surface area contributed by atoms with E-state index in [9.17, 15) is 0 Å². The molecule has 0 spiro atoms. The summed E-state index contributed by atoms with van der Waals surface area (Å²) >= 11 is 3.34. The summed E-state index contributed by atoms with van der Waals surface area (Å²) in [4.78, 5) is 8.57. The molecule has 0 aliphatic rings. The zero-order valence-electron chi connectivity index (χ0n) is 8.75. The van der Waals surface area contributed by atoms with Gasteiger partial charge in [0.15, 0.2) is 0 Å². The second-order valence-electron chi connectivity index (χ2n) is 3.39. The summed E-state index contributed by atoms with van der Waals surface area (Å²) in [7, 11) is 0. The molecule has 0 radical (unpaired) electrons. The van der Waals surface area contributed by atoms with Gasteiger partial charge in [0.2, 0.25) is 5.88 Å². The summed E-state index contributed by atoms with van der Waals surface area (Å²) in [5, 5.41) is 0. The van der Waals surface area contributed by atoms with Crippen LogP contribution >= 0.6 is 15.9 Å². The van der Waals surface area contributed by atoms with Gasteiger partial charge in [-0.3, -0.25) is 0 Å². The molecule has 1 rings (SSSR count). The van der Waals surface area contributed by atoms with Gasteiger partial charge in [-0.05, 0) is 22.4 Å². The zero-order valence-corrected chi connectivity index (χ0v) is 10.3. The van der Waals surface area contributed by atoms with E-state index in [1.54, 1.807) is 6.07 Å². The van der Waals surface area contributed by atoms with Crippen LogP contribution in [0.5, 0.6) is 5.88 Å². The fraction of sp³-hybridized carbons (Fsp3) is 0.600. The zero-order chi connectivity index (χ0) is 10.6. The first-order valence-electron chi connectivity index (χ1n) is 4.80. The van der Waals surface area contributed by atoms with Crippen LogP contribution in [0.25, 0.3) is 0 Å². The van der Waals surface area contributed by atoms with E-state index in [4.69, 9.17) is 4.74 Å². The van der Waals surface area contributed by atoms with E-state index >= 15 is 0 Å². The van der Waals surface area contributed by atoms with Crippen molar-refractivity contribution < 1.29 is 4.74 Å². The van der Waals surface area contributed by atoms with Gasteiger partial charge in [-0.2, -0.15) is 4.98 Å². The van der Waals surface area contributed by atoms with Crippen molar-refractivity contribution in [2.45, 2.75) is 33.1 Å². The van der Waals surface area contributed by atoms with Crippen LogP contribution in [0.1, 0.15) is 38.9 Å². The van der Waals surface area contributed by atoms with Gasteiger partial charge in [0.1, 0.15) is 10.4 Å². The Bertz CT molecular complexity index is 302. The molecule has 1 heterocycles. The maximum Gasteiger partial charge on any atom is 0.217 e. The van der Waals surface area contributed by atoms with Gasteiger partial charge >= 0.3 is 0 Å². The number of halogens is 1. The molecule has 0 aromatic carbocycles. The highest BCUT2D eigenvalue weighted by molar-refractivity contribution is 9.10. The summed E-state index contributed by atoms with van der Waals surface area (Å²) in [6.45, 7) is 6.89. The number of aromatic nitrogens is 2. The number of ether oxygens (including phenoxy) is 1. The van der Waals surface area contributed by atoms with E-state index in [1.165, 1.54) is 0 Å². The Morgan fingerprint density at radius 2 is 2.14 bits per heavy atom. The quantitative estimate of drug-likeness (QED) is 0.779. The van der Waals surface area contributed by atoms with E-state index < -0.39 is 0 Å². The molecule has 1 aromatic rings. The van der Waals surface area contributed by atoms with Gasteiger partial charge in [-0.25, -0.2) is 4.98 Å². The van der Waals surface area contributed by atoms with E-state index in [1.807, 2.05) is 0 Å². The summed E-state index contributed by atoms with van der Waals surface area (Å²) < 4.78 is 6.23. The predicted octanol–water partition coefficient (Wildman–Crippen LogP) is 3.15. The number of hydrogen-bond acceptors (Lipinski definition) is 3. The lowest BCUT2D eigenvalue weighted by atomic mass is 10.2. The van der Waals surface area contributed by atoms with E-state index in [0.717, 1.165) is 16.8 Å². The van der Waals surface area contributed by atoms with Crippen molar-refractivity contribution in [3.05, 3.63) is 16.5 Å². The third-order valence-electron chi connectivity index (χ3n) is 1.66. The maximum absolute atomic E-state index is 5.45. The lowest BCUT2D eigenvalue weighted by Gasteiger charge is -2.08. The summed E-state index contributed by atoms with van der Waals surface area (Å²) in [6, 6.07) is 1.79. The average molecular weight is 259 g/mol. The first-order valence-corrected chi connectivity index (χ1v) is 5.60. The summed E-state index contributed by atoms with van der Waals surface area (Å²) in [5.74, 6) is 1.78. The lowest BCUT2D eigenvalue weighted by molar-refractivity contribution is 0.302. The number of nitrogens with zero attached hydrogens (tertiary/aromatic N) is 2. The molecule has 0 aliphatic carbocycles. The third-order valence-corrected chi connectivity index (χ3v) is 2.07. The predicted molar refractivity (Wildman–Crippen MR) is 59.6 cm³/mol. The fourth-order valence-corrected chi connectivity index (χ4v) is 1.33. The maximum atomic E-state index is 5.45. The minimum Gasteiger partial charge on any atom is -0.478 e. The molecule has 0 unspecified atom stereocenters. The van der Waals surface area contributed by atoms with Gasteiger partial charge in [0.25, 0.3) is 0 Å². The highest BCUT2D eigenvalue weighted by Crippen LogP contribution is 2.18. The molecule has 0 bridgehead atoms. The van der Waals surface area contributed by atoms with Crippen LogP contribution in [0.15, 0.2) is 10.7 Å². The molecule has 0 saturated heterocycles. The van der Waals surface area contributed by atoms with Crippen LogP contribution in [-0.4, -0.2) is 16.6 Å². The van der Waals surface area contributed by atoms with E-state index in [-0.39, 0.29) is 0 Å². The Labute approximate surface area is 93.0 Å². The van der Waals surface area contributed by atoms with Gasteiger partial charge in [-0.1, -0.05) is 20.8 Å². The normalized spacial score (nSPS) is 10.6. The van der Waals surface area contributed by atoms with Crippen molar-refractivity contribution in [3.8, 4) is 5.88 Å². The van der Waals surface area contributed by atoms with Crippen molar-refractivity contribution in [2.24, 2.45) is 0 Å². The molecule has 0 aliphatic heterocycles. The molecular formula is C10H15BrN2O. The molecule has 4 heteroatoms. The molecule has 0 amide bonds. The van der Waals surface area contributed by atoms with Crippen LogP contribution in [0.3, 0.4) is 0 Å². The van der Waals surface area contributed by atoms with Crippen LogP contribution in [0.4, 0.5) is 0 Å². The molecule has 14 heavy (non-hydrogen) atoms. The first-order chi connectivity index (χ1) is 6.63. The van der Waals surface area contributed by atoms with Crippen molar-refractivity contribution in [1.29, 1.82) is 0 Å². The Balaban J connectivity index is 2.84. The van der Waals surface area contributed by atoms with Crippen LogP contribution in [-0.2, 0) is 0 Å². The van der Waals surface area contributed by atoms with E-state index in [0.29, 0.717) is 18.4 Å². The fourth-order valence-electron chi connectivity index (χ4n) is 0.953. The standard InChI is InChI=1S/C10H15BrN2O/c1-4-5-14-9-6-8(11)12-10(13-9)7(2)3/h6-7H,4-5H2,1-3H3. The van der Waals surface area contributed by atoms with E-state index in [2.05, 4.69) is 46.7 Å². The van der Waals surface area contributed by atoms with Crippen LogP contribution < -0.4 is 4.74 Å². The third kappa shape index (κ3) is 3.25. The van der Waals surface area contributed by atoms with Gasteiger partial charge in [-0.15, -0.1) is 0 Å². The highest BCUT2D eigenvalue weighted by Gasteiger charge is 2.06. The van der Waals surface area contributed by atoms with Crippen LogP contribution in [0.2, 0.25) is 0 Å². The second kappa shape index (κ2) is 5.29. The van der Waals surface area contributed by atoms with Crippen molar-refractivity contribution in [1.82, 2.24) is 9.97 Å². The topological polar surface area (TPSA) is 35.0 Å². The average Bonchev–Trinajstić information content (AvgIpc) is 2.14. The minimum absolute atomic E-state index is 0.316. The monoisotopic (exact) mass is 258 g/mol. The summed E-state index contributed by atoms with van der Waals surface area (Å²) in [5.41, 5.74) is 0. The second-order valence-corrected chi connectivity index (χ2v) is 4.20. The molecule has 0 N–H and O–H groups in total. The largest absolute Gasteiger partial charge is 0.478 e. The van der Waals surface area contributed by atoms with Crippen molar-refractivity contribution >= 4 is 15.9 Å². The SMILES string of the molecule is CCCOc1cc(Br)nc(C(C)C)n1.